The van der Waals surface area contributed by atoms with Crippen LogP contribution in [0.25, 0.3) is 11.2 Å². The number of unbranched alkanes of at least 4 members (excludes halogenated alkanes) is 1. The lowest BCUT2D eigenvalue weighted by Crippen LogP contribution is -2.06. The van der Waals surface area contributed by atoms with Crippen molar-refractivity contribution in [2.45, 2.75) is 46.1 Å². The second-order valence-electron chi connectivity index (χ2n) is 4.62. The number of H-pyrrole nitrogens is 1. The molecule has 2 rings (SSSR count). The largest absolute Gasteiger partial charge is 0.329 e. The van der Waals surface area contributed by atoms with Crippen molar-refractivity contribution in [3.63, 3.8) is 0 Å². The number of hydrogen-bond acceptors (Lipinski definition) is 2. The van der Waals surface area contributed by atoms with Crippen molar-refractivity contribution in [1.29, 1.82) is 0 Å². The van der Waals surface area contributed by atoms with Gasteiger partial charge in [0.25, 0.3) is 0 Å². The van der Waals surface area contributed by atoms with Gasteiger partial charge < -0.3 is 4.98 Å². The molecular weight excluding hydrogens is 230 g/mol. The Bertz CT molecular complexity index is 568. The van der Waals surface area contributed by atoms with Crippen LogP contribution < -0.4 is 0 Å². The molecular formula is C13H19N3S. The Hall–Kier alpha value is -1.16. The minimum absolute atomic E-state index is 0.408. The molecule has 1 atom stereocenters. The summed E-state index contributed by atoms with van der Waals surface area (Å²) in [7, 11) is 0. The number of aromatic nitrogens is 3. The van der Waals surface area contributed by atoms with Gasteiger partial charge in [-0.15, -0.1) is 0 Å². The lowest BCUT2D eigenvalue weighted by atomic mass is 10.1. The number of nitrogens with zero attached hydrogens (tertiary/aromatic N) is 2. The monoisotopic (exact) mass is 249 g/mol. The summed E-state index contributed by atoms with van der Waals surface area (Å²) in [6.45, 7) is 6.43. The molecule has 0 spiro atoms. The number of aryl methyl sites for hydroxylation is 1. The smallest absolute Gasteiger partial charge is 0.179 e. The van der Waals surface area contributed by atoms with Crippen molar-refractivity contribution in [3.8, 4) is 0 Å². The summed E-state index contributed by atoms with van der Waals surface area (Å²) in [4.78, 5) is 7.82. The molecule has 0 fully saturated rings. The molecule has 1 unspecified atom stereocenters. The molecule has 1 N–H and O–H groups in total. The normalized spacial score (nSPS) is 13.1. The minimum atomic E-state index is 0.408. The van der Waals surface area contributed by atoms with Gasteiger partial charge in [0.05, 0.1) is 5.52 Å². The Morgan fingerprint density at radius 3 is 2.94 bits per heavy atom. The molecule has 2 aromatic rings. The standard InChI is InChI=1S/C13H19N3S/c1-4-5-6-10(3)16-12-11(15-13(16)17)8-7-9(2)14-12/h7-8,10H,4-6H2,1-3H3,(H,15,17). The van der Waals surface area contributed by atoms with E-state index in [0.717, 1.165) is 28.0 Å². The van der Waals surface area contributed by atoms with Crippen LogP contribution in [-0.2, 0) is 0 Å². The maximum atomic E-state index is 5.39. The Balaban J connectivity index is 2.48. The molecule has 0 amide bonds. The van der Waals surface area contributed by atoms with Gasteiger partial charge >= 0.3 is 0 Å². The van der Waals surface area contributed by atoms with E-state index >= 15 is 0 Å². The molecule has 0 aliphatic heterocycles. The quantitative estimate of drug-likeness (QED) is 0.826. The summed E-state index contributed by atoms with van der Waals surface area (Å²) in [6, 6.07) is 4.47. The van der Waals surface area contributed by atoms with E-state index in [1.165, 1.54) is 12.8 Å². The third-order valence-corrected chi connectivity index (χ3v) is 3.42. The number of imidazole rings is 1. The molecule has 0 radical (unpaired) electrons. The molecule has 0 saturated heterocycles. The number of fused-ring (bicyclic) bond motifs is 1. The molecule has 0 aromatic carbocycles. The van der Waals surface area contributed by atoms with Gasteiger partial charge in [0.1, 0.15) is 0 Å². The van der Waals surface area contributed by atoms with Gasteiger partial charge in [-0.05, 0) is 44.6 Å². The van der Waals surface area contributed by atoms with Gasteiger partial charge in [0.2, 0.25) is 0 Å². The van der Waals surface area contributed by atoms with E-state index in [4.69, 9.17) is 12.2 Å². The zero-order valence-electron chi connectivity index (χ0n) is 10.7. The van der Waals surface area contributed by atoms with Crippen molar-refractivity contribution in [2.24, 2.45) is 0 Å². The number of nitrogens with one attached hydrogen (secondary N) is 1. The molecule has 0 saturated carbocycles. The highest BCUT2D eigenvalue weighted by molar-refractivity contribution is 7.71. The fraction of sp³-hybridized carbons (Fsp3) is 0.538. The van der Waals surface area contributed by atoms with Crippen LogP contribution in [0, 0.1) is 11.7 Å². The molecule has 3 nitrogen and oxygen atoms in total. The zero-order valence-corrected chi connectivity index (χ0v) is 11.5. The van der Waals surface area contributed by atoms with E-state index in [-0.39, 0.29) is 0 Å². The van der Waals surface area contributed by atoms with Crippen LogP contribution in [0.1, 0.15) is 44.8 Å². The van der Waals surface area contributed by atoms with Crippen molar-refractivity contribution in [3.05, 3.63) is 22.6 Å². The van der Waals surface area contributed by atoms with Crippen LogP contribution in [0.2, 0.25) is 0 Å². The molecule has 0 aliphatic rings. The second kappa shape index (κ2) is 5.00. The van der Waals surface area contributed by atoms with Crippen LogP contribution in [0.4, 0.5) is 0 Å². The van der Waals surface area contributed by atoms with E-state index in [9.17, 15) is 0 Å². The van der Waals surface area contributed by atoms with E-state index in [1.54, 1.807) is 0 Å². The summed E-state index contributed by atoms with van der Waals surface area (Å²) in [6.07, 6.45) is 3.58. The Morgan fingerprint density at radius 2 is 2.24 bits per heavy atom. The predicted molar refractivity (Wildman–Crippen MR) is 73.9 cm³/mol. The number of rotatable bonds is 4. The Labute approximate surface area is 107 Å². The van der Waals surface area contributed by atoms with Gasteiger partial charge in [-0.2, -0.15) is 0 Å². The van der Waals surface area contributed by atoms with Crippen LogP contribution in [0.5, 0.6) is 0 Å². The van der Waals surface area contributed by atoms with Crippen LogP contribution in [-0.4, -0.2) is 14.5 Å². The summed E-state index contributed by atoms with van der Waals surface area (Å²) in [5, 5.41) is 0. The third kappa shape index (κ3) is 2.41. The first-order chi connectivity index (χ1) is 8.13. The van der Waals surface area contributed by atoms with Gasteiger partial charge in [0, 0.05) is 11.7 Å². The summed E-state index contributed by atoms with van der Waals surface area (Å²) < 4.78 is 2.93. The molecule has 2 heterocycles. The SMILES string of the molecule is CCCCC(C)n1c(=S)[nH]c2ccc(C)nc21. The molecule has 0 bridgehead atoms. The zero-order chi connectivity index (χ0) is 12.4. The van der Waals surface area contributed by atoms with E-state index in [0.29, 0.717) is 6.04 Å². The topological polar surface area (TPSA) is 33.6 Å². The van der Waals surface area contributed by atoms with Crippen LogP contribution >= 0.6 is 12.2 Å². The highest BCUT2D eigenvalue weighted by Gasteiger charge is 2.11. The van der Waals surface area contributed by atoms with Gasteiger partial charge in [-0.1, -0.05) is 19.8 Å². The summed E-state index contributed by atoms with van der Waals surface area (Å²) >= 11 is 5.39. The van der Waals surface area contributed by atoms with Crippen molar-refractivity contribution < 1.29 is 0 Å². The summed E-state index contributed by atoms with van der Waals surface area (Å²) in [5.74, 6) is 0. The van der Waals surface area contributed by atoms with Crippen molar-refractivity contribution >= 4 is 23.4 Å². The lowest BCUT2D eigenvalue weighted by Gasteiger charge is -2.13. The first kappa shape index (κ1) is 12.3. The third-order valence-electron chi connectivity index (χ3n) is 3.12. The highest BCUT2D eigenvalue weighted by Crippen LogP contribution is 2.21. The number of aromatic amines is 1. The minimum Gasteiger partial charge on any atom is -0.329 e. The Kier molecular flexibility index (Phi) is 3.62. The fourth-order valence-electron chi connectivity index (χ4n) is 2.13. The second-order valence-corrected chi connectivity index (χ2v) is 5.00. The first-order valence-electron chi connectivity index (χ1n) is 6.21. The summed E-state index contributed by atoms with van der Waals surface area (Å²) in [5.41, 5.74) is 3.05. The van der Waals surface area contributed by atoms with Gasteiger partial charge in [0.15, 0.2) is 10.4 Å². The lowest BCUT2D eigenvalue weighted by molar-refractivity contribution is 0.489. The average molecular weight is 249 g/mol. The van der Waals surface area contributed by atoms with Crippen molar-refractivity contribution in [1.82, 2.24) is 14.5 Å². The predicted octanol–water partition coefficient (Wildman–Crippen LogP) is 4.15. The molecule has 92 valence electrons. The van der Waals surface area contributed by atoms with E-state index < -0.39 is 0 Å². The first-order valence-corrected chi connectivity index (χ1v) is 6.62. The fourth-order valence-corrected chi connectivity index (χ4v) is 2.51. The van der Waals surface area contributed by atoms with Crippen LogP contribution in [0.15, 0.2) is 12.1 Å². The number of hydrogen-bond donors (Lipinski definition) is 1. The van der Waals surface area contributed by atoms with Crippen LogP contribution in [0.3, 0.4) is 0 Å². The van der Waals surface area contributed by atoms with E-state index in [1.807, 2.05) is 13.0 Å². The molecule has 0 aliphatic carbocycles. The Morgan fingerprint density at radius 1 is 1.47 bits per heavy atom. The van der Waals surface area contributed by atoms with Gasteiger partial charge in [-0.3, -0.25) is 4.57 Å². The maximum Gasteiger partial charge on any atom is 0.179 e. The van der Waals surface area contributed by atoms with E-state index in [2.05, 4.69) is 34.4 Å². The molecule has 17 heavy (non-hydrogen) atoms. The molecule has 4 heteroatoms. The van der Waals surface area contributed by atoms with Crippen molar-refractivity contribution in [2.75, 3.05) is 0 Å². The average Bonchev–Trinajstić information content (AvgIpc) is 2.61. The highest BCUT2D eigenvalue weighted by atomic mass is 32.1. The van der Waals surface area contributed by atoms with Gasteiger partial charge in [-0.25, -0.2) is 4.98 Å². The molecule has 2 aromatic heterocycles. The maximum absolute atomic E-state index is 5.39. The number of pyridine rings is 1.